The van der Waals surface area contributed by atoms with Crippen LogP contribution in [0.3, 0.4) is 0 Å². The van der Waals surface area contributed by atoms with Gasteiger partial charge in [0, 0.05) is 22.6 Å². The highest BCUT2D eigenvalue weighted by molar-refractivity contribution is 7.92. The summed E-state index contributed by atoms with van der Waals surface area (Å²) >= 11 is 12.4. The highest BCUT2D eigenvalue weighted by atomic mass is 35.5. The Bertz CT molecular complexity index is 1190. The van der Waals surface area contributed by atoms with Gasteiger partial charge < -0.3 is 10.2 Å². The minimum Gasteiger partial charge on any atom is -0.352 e. The number of sulfonamides is 1. The Balaban J connectivity index is 2.51. The zero-order chi connectivity index (χ0) is 26.5. The number of benzene rings is 2. The SMILES string of the molecule is CC[C@H](C(=O)NC(C)C)N(Cc1ccc(Cl)cc1Cl)C(=O)CN(c1ccc(C)cc1C)S(C)(=O)=O. The smallest absolute Gasteiger partial charge is 0.244 e. The molecule has 2 amide bonds. The minimum atomic E-state index is -3.80. The molecule has 0 saturated carbocycles. The minimum absolute atomic E-state index is 0.0172. The van der Waals surface area contributed by atoms with E-state index in [0.717, 1.165) is 21.7 Å². The number of carbonyl (C=O) groups is 2. The van der Waals surface area contributed by atoms with Crippen molar-refractivity contribution in [1.82, 2.24) is 10.2 Å². The average molecular weight is 543 g/mol. The number of nitrogens with one attached hydrogen (secondary N) is 1. The molecule has 0 aliphatic rings. The molecule has 10 heteroatoms. The van der Waals surface area contributed by atoms with E-state index in [2.05, 4.69) is 5.32 Å². The Kier molecular flexibility index (Phi) is 10.0. The molecule has 0 spiro atoms. The molecule has 192 valence electrons. The monoisotopic (exact) mass is 541 g/mol. The summed E-state index contributed by atoms with van der Waals surface area (Å²) in [7, 11) is -3.80. The second-order valence-electron chi connectivity index (χ2n) is 8.90. The lowest BCUT2D eigenvalue weighted by atomic mass is 10.1. The second-order valence-corrected chi connectivity index (χ2v) is 11.7. The van der Waals surface area contributed by atoms with E-state index in [1.165, 1.54) is 4.90 Å². The van der Waals surface area contributed by atoms with Crippen molar-refractivity contribution in [3.05, 3.63) is 63.1 Å². The number of hydrogen-bond acceptors (Lipinski definition) is 4. The fraction of sp³-hybridized carbons (Fsp3) is 0.440. The summed E-state index contributed by atoms with van der Waals surface area (Å²) in [6.45, 7) is 8.72. The van der Waals surface area contributed by atoms with Crippen LogP contribution in [0.4, 0.5) is 5.69 Å². The highest BCUT2D eigenvalue weighted by Crippen LogP contribution is 2.26. The maximum atomic E-state index is 13.7. The normalized spacial score (nSPS) is 12.4. The summed E-state index contributed by atoms with van der Waals surface area (Å²) < 4.78 is 26.5. The third-order valence-electron chi connectivity index (χ3n) is 5.47. The Morgan fingerprint density at radius 3 is 2.23 bits per heavy atom. The van der Waals surface area contributed by atoms with E-state index in [0.29, 0.717) is 27.7 Å². The van der Waals surface area contributed by atoms with Gasteiger partial charge in [0.05, 0.1) is 11.9 Å². The van der Waals surface area contributed by atoms with Crippen LogP contribution in [0.1, 0.15) is 43.9 Å². The van der Waals surface area contributed by atoms with E-state index in [9.17, 15) is 18.0 Å². The predicted molar refractivity (Wildman–Crippen MR) is 142 cm³/mol. The van der Waals surface area contributed by atoms with Gasteiger partial charge in [0.2, 0.25) is 21.8 Å². The fourth-order valence-corrected chi connectivity index (χ4v) is 5.19. The van der Waals surface area contributed by atoms with Crippen LogP contribution in [0.5, 0.6) is 0 Å². The summed E-state index contributed by atoms with van der Waals surface area (Å²) in [5.74, 6) is -0.842. The standard InChI is InChI=1S/C25H33Cl2N3O4S/c1-7-22(25(32)28-16(2)3)29(14-19-9-10-20(26)13-21(19)27)24(31)15-30(35(6,33)34)23-11-8-17(4)12-18(23)5/h8-13,16,22H,7,14-15H2,1-6H3,(H,28,32)/t22-/m1/s1. The molecule has 0 bridgehead atoms. The van der Waals surface area contributed by atoms with Crippen LogP contribution in [0.2, 0.25) is 10.0 Å². The van der Waals surface area contributed by atoms with Gasteiger partial charge in [0.1, 0.15) is 12.6 Å². The van der Waals surface area contributed by atoms with Crippen molar-refractivity contribution in [3.63, 3.8) is 0 Å². The van der Waals surface area contributed by atoms with Gasteiger partial charge >= 0.3 is 0 Å². The number of halogens is 2. The molecule has 2 rings (SSSR count). The maximum absolute atomic E-state index is 13.7. The van der Waals surface area contributed by atoms with Crippen molar-refractivity contribution in [3.8, 4) is 0 Å². The number of rotatable bonds is 10. The van der Waals surface area contributed by atoms with Crippen LogP contribution in [0, 0.1) is 13.8 Å². The van der Waals surface area contributed by atoms with E-state index >= 15 is 0 Å². The number of anilines is 1. The molecule has 0 aliphatic carbocycles. The molecule has 0 aliphatic heterocycles. The van der Waals surface area contributed by atoms with Gasteiger partial charge in [-0.25, -0.2) is 8.42 Å². The van der Waals surface area contributed by atoms with Gasteiger partial charge in [0.25, 0.3) is 0 Å². The topological polar surface area (TPSA) is 86.8 Å². The van der Waals surface area contributed by atoms with E-state index in [4.69, 9.17) is 23.2 Å². The molecule has 2 aromatic carbocycles. The van der Waals surface area contributed by atoms with Crippen molar-refractivity contribution >= 4 is 50.7 Å². The Morgan fingerprint density at radius 2 is 1.71 bits per heavy atom. The molecule has 0 saturated heterocycles. The first-order chi connectivity index (χ1) is 16.2. The van der Waals surface area contributed by atoms with Crippen LogP contribution >= 0.6 is 23.2 Å². The van der Waals surface area contributed by atoms with Crippen LogP contribution in [0.15, 0.2) is 36.4 Å². The molecular weight excluding hydrogens is 509 g/mol. The number of hydrogen-bond donors (Lipinski definition) is 1. The number of amides is 2. The first kappa shape index (κ1) is 28.9. The molecule has 0 heterocycles. The number of aryl methyl sites for hydroxylation is 2. The summed E-state index contributed by atoms with van der Waals surface area (Å²) in [5.41, 5.74) is 2.70. The van der Waals surface area contributed by atoms with E-state index < -0.39 is 28.5 Å². The molecule has 2 aromatic rings. The summed E-state index contributed by atoms with van der Waals surface area (Å²) in [6.07, 6.45) is 1.39. The Hall–Kier alpha value is -2.29. The van der Waals surface area contributed by atoms with Crippen LogP contribution in [-0.4, -0.2) is 50.0 Å². The fourth-order valence-electron chi connectivity index (χ4n) is 3.81. The number of carbonyl (C=O) groups excluding carboxylic acids is 2. The summed E-state index contributed by atoms with van der Waals surface area (Å²) in [5, 5.41) is 3.64. The van der Waals surface area contributed by atoms with Crippen LogP contribution in [0.25, 0.3) is 0 Å². The van der Waals surface area contributed by atoms with Crippen molar-refractivity contribution in [2.45, 2.75) is 59.7 Å². The lowest BCUT2D eigenvalue weighted by Crippen LogP contribution is -2.53. The van der Waals surface area contributed by atoms with Crippen molar-refractivity contribution < 1.29 is 18.0 Å². The van der Waals surface area contributed by atoms with Crippen molar-refractivity contribution in [2.24, 2.45) is 0 Å². The molecule has 0 unspecified atom stereocenters. The van der Waals surface area contributed by atoms with Gasteiger partial charge in [-0.05, 0) is 63.4 Å². The summed E-state index contributed by atoms with van der Waals surface area (Å²) in [6, 6.07) is 9.29. The molecule has 0 radical (unpaired) electrons. The average Bonchev–Trinajstić information content (AvgIpc) is 2.72. The predicted octanol–water partition coefficient (Wildman–Crippen LogP) is 4.71. The van der Waals surface area contributed by atoms with Gasteiger partial charge in [-0.15, -0.1) is 0 Å². The van der Waals surface area contributed by atoms with Gasteiger partial charge in [-0.3, -0.25) is 13.9 Å². The molecule has 1 N–H and O–H groups in total. The Labute approximate surface area is 218 Å². The van der Waals surface area contributed by atoms with E-state index in [1.807, 2.05) is 26.8 Å². The quantitative estimate of drug-likeness (QED) is 0.471. The largest absolute Gasteiger partial charge is 0.352 e. The van der Waals surface area contributed by atoms with Crippen LogP contribution in [-0.2, 0) is 26.2 Å². The van der Waals surface area contributed by atoms with Crippen molar-refractivity contribution in [2.75, 3.05) is 17.1 Å². The van der Waals surface area contributed by atoms with Crippen molar-refractivity contribution in [1.29, 1.82) is 0 Å². The lowest BCUT2D eigenvalue weighted by molar-refractivity contribution is -0.140. The Morgan fingerprint density at radius 1 is 1.06 bits per heavy atom. The van der Waals surface area contributed by atoms with E-state index in [-0.39, 0.29) is 18.5 Å². The molecular formula is C25H33Cl2N3O4S. The number of nitrogens with zero attached hydrogens (tertiary/aromatic N) is 2. The van der Waals surface area contributed by atoms with Gasteiger partial charge in [0.15, 0.2) is 0 Å². The molecule has 0 fully saturated rings. The molecule has 1 atom stereocenters. The second kappa shape index (κ2) is 12.1. The molecule has 0 aromatic heterocycles. The van der Waals surface area contributed by atoms with Gasteiger partial charge in [-0.1, -0.05) is 53.9 Å². The highest BCUT2D eigenvalue weighted by Gasteiger charge is 2.32. The molecule has 7 nitrogen and oxygen atoms in total. The molecule has 35 heavy (non-hydrogen) atoms. The third-order valence-corrected chi connectivity index (χ3v) is 7.19. The zero-order valence-corrected chi connectivity index (χ0v) is 23.3. The maximum Gasteiger partial charge on any atom is 0.244 e. The lowest BCUT2D eigenvalue weighted by Gasteiger charge is -2.33. The van der Waals surface area contributed by atoms with Crippen LogP contribution < -0.4 is 9.62 Å². The third kappa shape index (κ3) is 7.85. The first-order valence-corrected chi connectivity index (χ1v) is 13.9. The van der Waals surface area contributed by atoms with E-state index in [1.54, 1.807) is 44.2 Å². The zero-order valence-electron chi connectivity index (χ0n) is 20.9. The summed E-state index contributed by atoms with van der Waals surface area (Å²) in [4.78, 5) is 28.1. The first-order valence-electron chi connectivity index (χ1n) is 11.3. The van der Waals surface area contributed by atoms with Gasteiger partial charge in [-0.2, -0.15) is 0 Å².